The van der Waals surface area contributed by atoms with Crippen LogP contribution in [0.1, 0.15) is 10.4 Å². The Kier molecular flexibility index (Phi) is 3.61. The van der Waals surface area contributed by atoms with Gasteiger partial charge < -0.3 is 4.98 Å². The van der Waals surface area contributed by atoms with Crippen LogP contribution in [0, 0.1) is 0 Å². The minimum Gasteiger partial charge on any atom is -0.301 e. The molecule has 0 aliphatic rings. The Morgan fingerprint density at radius 1 is 1.35 bits per heavy atom. The summed E-state index contributed by atoms with van der Waals surface area (Å²) in [5.41, 5.74) is 0.234. The molecule has 0 saturated carbocycles. The molecule has 0 saturated heterocycles. The summed E-state index contributed by atoms with van der Waals surface area (Å²) < 4.78 is 0. The lowest BCUT2D eigenvalue weighted by Gasteiger charge is -2.03. The lowest BCUT2D eigenvalue weighted by molar-refractivity contribution is 0.112. The largest absolute Gasteiger partial charge is 0.301 e. The molecule has 2 aromatic rings. The van der Waals surface area contributed by atoms with Gasteiger partial charge >= 0.3 is 0 Å². The summed E-state index contributed by atoms with van der Waals surface area (Å²) in [7, 11) is 0. The molecule has 0 radical (unpaired) electrons. The zero-order valence-corrected chi connectivity index (χ0v) is 10.1. The summed E-state index contributed by atoms with van der Waals surface area (Å²) in [6.07, 6.45) is 2.13. The minimum absolute atomic E-state index is 0.232. The molecule has 0 spiro atoms. The van der Waals surface area contributed by atoms with Crippen LogP contribution in [0.2, 0.25) is 5.02 Å². The first-order chi connectivity index (χ1) is 8.19. The summed E-state index contributed by atoms with van der Waals surface area (Å²) in [5.74, 6) is 0. The molecule has 1 aromatic carbocycles. The predicted molar refractivity (Wildman–Crippen MR) is 65.8 cm³/mol. The van der Waals surface area contributed by atoms with Crippen molar-refractivity contribution in [3.05, 3.63) is 51.4 Å². The molecule has 0 aliphatic heterocycles. The molecule has 1 N–H and O–H groups in total. The molecule has 1 heterocycles. The Morgan fingerprint density at radius 2 is 2.18 bits per heavy atom. The number of hydrogen-bond acceptors (Lipinski definition) is 4. The van der Waals surface area contributed by atoms with Crippen molar-refractivity contribution in [2.75, 3.05) is 0 Å². The maximum Gasteiger partial charge on any atom is 0.251 e. The lowest BCUT2D eigenvalue weighted by Crippen LogP contribution is -2.05. The third-order valence-electron chi connectivity index (χ3n) is 1.95. The zero-order chi connectivity index (χ0) is 12.3. The van der Waals surface area contributed by atoms with Gasteiger partial charge in [-0.25, -0.2) is 4.98 Å². The SMILES string of the molecule is O=Cc1cc(Cl)ccc1Sc1nccc(=O)[nH]1. The molecule has 6 heteroatoms. The van der Waals surface area contributed by atoms with Crippen molar-refractivity contribution in [3.63, 3.8) is 0 Å². The molecular weight excluding hydrogens is 260 g/mol. The Hall–Kier alpha value is -1.59. The normalized spacial score (nSPS) is 10.2. The maximum atomic E-state index is 11.1. The van der Waals surface area contributed by atoms with Crippen molar-refractivity contribution < 1.29 is 4.79 Å². The number of rotatable bonds is 3. The number of hydrogen-bond donors (Lipinski definition) is 1. The van der Waals surface area contributed by atoms with Crippen LogP contribution in [0.25, 0.3) is 0 Å². The fourth-order valence-electron chi connectivity index (χ4n) is 1.21. The third kappa shape index (κ3) is 2.95. The van der Waals surface area contributed by atoms with E-state index in [9.17, 15) is 9.59 Å². The second-order valence-electron chi connectivity index (χ2n) is 3.14. The van der Waals surface area contributed by atoms with Crippen LogP contribution in [-0.2, 0) is 0 Å². The van der Waals surface area contributed by atoms with Crippen LogP contribution in [0.15, 0.2) is 45.3 Å². The molecule has 0 fully saturated rings. The summed E-state index contributed by atoms with van der Waals surface area (Å²) in [6, 6.07) is 6.28. The number of aldehydes is 1. The lowest BCUT2D eigenvalue weighted by atomic mass is 10.2. The van der Waals surface area contributed by atoms with Gasteiger partial charge in [0.15, 0.2) is 11.4 Å². The standard InChI is InChI=1S/C11H7ClN2O2S/c12-8-1-2-9(7(5-8)6-15)17-11-13-4-3-10(16)14-11/h1-6H,(H,13,14,16). The summed E-state index contributed by atoms with van der Waals surface area (Å²) >= 11 is 6.99. The quantitative estimate of drug-likeness (QED) is 0.684. The van der Waals surface area contributed by atoms with E-state index in [1.165, 1.54) is 24.0 Å². The molecule has 0 atom stereocenters. The molecule has 0 amide bonds. The number of nitrogens with one attached hydrogen (secondary N) is 1. The Morgan fingerprint density at radius 3 is 2.88 bits per heavy atom. The number of benzene rings is 1. The number of nitrogens with zero attached hydrogens (tertiary/aromatic N) is 1. The fraction of sp³-hybridized carbons (Fsp3) is 0. The average molecular weight is 267 g/mol. The van der Waals surface area contributed by atoms with Crippen LogP contribution in [-0.4, -0.2) is 16.3 Å². The number of carbonyl (C=O) groups excluding carboxylic acids is 1. The van der Waals surface area contributed by atoms with E-state index in [0.29, 0.717) is 20.6 Å². The van der Waals surface area contributed by atoms with Crippen LogP contribution in [0.3, 0.4) is 0 Å². The van der Waals surface area contributed by atoms with E-state index in [-0.39, 0.29) is 5.56 Å². The van der Waals surface area contributed by atoms with E-state index in [1.807, 2.05) is 0 Å². The number of halogens is 1. The second kappa shape index (κ2) is 5.16. The van der Waals surface area contributed by atoms with Crippen LogP contribution < -0.4 is 5.56 Å². The van der Waals surface area contributed by atoms with Gasteiger partial charge in [-0.15, -0.1) is 0 Å². The van der Waals surface area contributed by atoms with Gasteiger partial charge in [0, 0.05) is 27.7 Å². The molecule has 0 aliphatic carbocycles. The smallest absolute Gasteiger partial charge is 0.251 e. The van der Waals surface area contributed by atoms with Gasteiger partial charge in [0.25, 0.3) is 5.56 Å². The minimum atomic E-state index is -0.232. The highest BCUT2D eigenvalue weighted by Crippen LogP contribution is 2.28. The van der Waals surface area contributed by atoms with E-state index in [2.05, 4.69) is 9.97 Å². The van der Waals surface area contributed by atoms with Gasteiger partial charge in [-0.2, -0.15) is 0 Å². The van der Waals surface area contributed by atoms with Crippen LogP contribution in [0.5, 0.6) is 0 Å². The van der Waals surface area contributed by atoms with Gasteiger partial charge in [0.2, 0.25) is 0 Å². The van der Waals surface area contributed by atoms with Crippen molar-refractivity contribution in [3.8, 4) is 0 Å². The molecule has 86 valence electrons. The molecule has 0 unspecified atom stereocenters. The van der Waals surface area contributed by atoms with Gasteiger partial charge in [0.05, 0.1) is 0 Å². The molecule has 17 heavy (non-hydrogen) atoms. The number of carbonyl (C=O) groups is 1. The third-order valence-corrected chi connectivity index (χ3v) is 3.18. The Balaban J connectivity index is 2.36. The van der Waals surface area contributed by atoms with Crippen molar-refractivity contribution in [2.45, 2.75) is 10.1 Å². The van der Waals surface area contributed by atoms with Crippen LogP contribution in [0.4, 0.5) is 0 Å². The summed E-state index contributed by atoms with van der Waals surface area (Å²) in [6.45, 7) is 0. The van der Waals surface area contributed by atoms with Crippen LogP contribution >= 0.6 is 23.4 Å². The second-order valence-corrected chi connectivity index (χ2v) is 4.61. The van der Waals surface area contributed by atoms with Crippen molar-refractivity contribution in [1.82, 2.24) is 9.97 Å². The average Bonchev–Trinajstić information content (AvgIpc) is 2.31. The van der Waals surface area contributed by atoms with E-state index in [1.54, 1.807) is 18.2 Å². The molecular formula is C11H7ClN2O2S. The number of H-pyrrole nitrogens is 1. The van der Waals surface area contributed by atoms with Gasteiger partial charge in [-0.1, -0.05) is 23.4 Å². The molecule has 1 aromatic heterocycles. The van der Waals surface area contributed by atoms with Gasteiger partial charge in [0.1, 0.15) is 0 Å². The fourth-order valence-corrected chi connectivity index (χ4v) is 2.23. The zero-order valence-electron chi connectivity index (χ0n) is 8.51. The van der Waals surface area contributed by atoms with E-state index < -0.39 is 0 Å². The predicted octanol–water partition coefficient (Wildman–Crippen LogP) is 2.39. The molecule has 2 rings (SSSR count). The van der Waals surface area contributed by atoms with E-state index in [0.717, 1.165) is 6.29 Å². The Bertz CT molecular complexity index is 612. The topological polar surface area (TPSA) is 62.8 Å². The summed E-state index contributed by atoms with van der Waals surface area (Å²) in [5, 5.41) is 0.925. The van der Waals surface area contributed by atoms with E-state index in [4.69, 9.17) is 11.6 Å². The van der Waals surface area contributed by atoms with Crippen molar-refractivity contribution >= 4 is 29.6 Å². The van der Waals surface area contributed by atoms with E-state index >= 15 is 0 Å². The molecule has 0 bridgehead atoms. The van der Waals surface area contributed by atoms with Crippen molar-refractivity contribution in [2.24, 2.45) is 0 Å². The van der Waals surface area contributed by atoms with Gasteiger partial charge in [-0.3, -0.25) is 9.59 Å². The maximum absolute atomic E-state index is 11.1. The number of aromatic nitrogens is 2. The highest BCUT2D eigenvalue weighted by molar-refractivity contribution is 7.99. The Labute approximate surface area is 106 Å². The molecule has 4 nitrogen and oxygen atoms in total. The summed E-state index contributed by atoms with van der Waals surface area (Å²) in [4.78, 5) is 29.2. The monoisotopic (exact) mass is 266 g/mol. The van der Waals surface area contributed by atoms with Gasteiger partial charge in [-0.05, 0) is 18.2 Å². The first kappa shape index (κ1) is 11.9. The first-order valence-corrected chi connectivity index (χ1v) is 5.86. The highest BCUT2D eigenvalue weighted by atomic mass is 35.5. The number of aromatic amines is 1. The first-order valence-electron chi connectivity index (χ1n) is 4.67. The highest BCUT2D eigenvalue weighted by Gasteiger charge is 2.06. The van der Waals surface area contributed by atoms with Crippen molar-refractivity contribution in [1.29, 1.82) is 0 Å².